The molecule has 0 saturated heterocycles. The Morgan fingerprint density at radius 2 is 2.05 bits per heavy atom. The molecule has 110 valence electrons. The average Bonchev–Trinajstić information content (AvgIpc) is 2.95. The Morgan fingerprint density at radius 1 is 1.29 bits per heavy atom. The number of fused-ring (bicyclic) bond motifs is 1. The van der Waals surface area contributed by atoms with E-state index in [1.807, 2.05) is 16.7 Å². The maximum atomic E-state index is 12.2. The molecule has 0 atom stereocenters. The second-order valence-electron chi connectivity index (χ2n) is 5.52. The standard InChI is InChI=1S/C16H17BrN2O2/c17-11-5-6-13-14(9-11)19(8-7-15(13)20)10-16(21)18-12-3-1-2-4-12/h5-9,12H,1-4,10H2,(H,18,21). The maximum Gasteiger partial charge on any atom is 0.240 e. The molecule has 0 aliphatic heterocycles. The summed E-state index contributed by atoms with van der Waals surface area (Å²) in [7, 11) is 0. The number of benzene rings is 1. The summed E-state index contributed by atoms with van der Waals surface area (Å²) in [4.78, 5) is 24.0. The first kappa shape index (κ1) is 14.3. The van der Waals surface area contributed by atoms with Crippen molar-refractivity contribution in [2.24, 2.45) is 0 Å². The number of hydrogen-bond donors (Lipinski definition) is 1. The molecule has 1 aliphatic carbocycles. The van der Waals surface area contributed by atoms with Gasteiger partial charge in [-0.25, -0.2) is 0 Å². The van der Waals surface area contributed by atoms with E-state index in [-0.39, 0.29) is 17.9 Å². The Kier molecular flexibility index (Phi) is 4.10. The number of rotatable bonds is 3. The van der Waals surface area contributed by atoms with Gasteiger partial charge in [-0.2, -0.15) is 0 Å². The van der Waals surface area contributed by atoms with Gasteiger partial charge in [0.1, 0.15) is 6.54 Å². The molecule has 0 spiro atoms. The van der Waals surface area contributed by atoms with E-state index in [0.29, 0.717) is 11.4 Å². The smallest absolute Gasteiger partial charge is 0.240 e. The lowest BCUT2D eigenvalue weighted by molar-refractivity contribution is -0.122. The van der Waals surface area contributed by atoms with Crippen molar-refractivity contribution < 1.29 is 4.79 Å². The van der Waals surface area contributed by atoms with E-state index in [1.54, 1.807) is 12.3 Å². The van der Waals surface area contributed by atoms with E-state index in [2.05, 4.69) is 21.2 Å². The predicted molar refractivity (Wildman–Crippen MR) is 86.3 cm³/mol. The number of hydrogen-bond acceptors (Lipinski definition) is 2. The number of nitrogens with zero attached hydrogens (tertiary/aromatic N) is 1. The molecule has 1 amide bonds. The van der Waals surface area contributed by atoms with Crippen LogP contribution in [-0.4, -0.2) is 16.5 Å². The van der Waals surface area contributed by atoms with Gasteiger partial charge in [-0.05, 0) is 31.0 Å². The quantitative estimate of drug-likeness (QED) is 0.927. The van der Waals surface area contributed by atoms with Crippen LogP contribution in [0.2, 0.25) is 0 Å². The lowest BCUT2D eigenvalue weighted by Crippen LogP contribution is -2.35. The van der Waals surface area contributed by atoms with Crippen LogP contribution < -0.4 is 10.7 Å². The van der Waals surface area contributed by atoms with Crippen LogP contribution >= 0.6 is 15.9 Å². The van der Waals surface area contributed by atoms with E-state index in [4.69, 9.17) is 0 Å². The van der Waals surface area contributed by atoms with Crippen molar-refractivity contribution in [3.8, 4) is 0 Å². The van der Waals surface area contributed by atoms with E-state index < -0.39 is 0 Å². The predicted octanol–water partition coefficient (Wildman–Crippen LogP) is 2.82. The molecule has 2 aromatic rings. The van der Waals surface area contributed by atoms with Crippen LogP contribution in [0.3, 0.4) is 0 Å². The highest BCUT2D eigenvalue weighted by atomic mass is 79.9. The van der Waals surface area contributed by atoms with Crippen molar-refractivity contribution >= 4 is 32.7 Å². The number of halogens is 1. The van der Waals surface area contributed by atoms with Gasteiger partial charge in [-0.15, -0.1) is 0 Å². The number of amides is 1. The molecule has 1 aliphatic rings. The van der Waals surface area contributed by atoms with Gasteiger partial charge in [0.25, 0.3) is 0 Å². The number of carbonyl (C=O) groups is 1. The average molecular weight is 349 g/mol. The number of carbonyl (C=O) groups excluding carboxylic acids is 1. The molecule has 5 heteroatoms. The van der Waals surface area contributed by atoms with Crippen LogP contribution in [0.4, 0.5) is 0 Å². The van der Waals surface area contributed by atoms with E-state index >= 15 is 0 Å². The third-order valence-corrected chi connectivity index (χ3v) is 4.47. The van der Waals surface area contributed by atoms with Gasteiger partial charge in [-0.1, -0.05) is 28.8 Å². The van der Waals surface area contributed by atoms with Crippen molar-refractivity contribution in [2.75, 3.05) is 0 Å². The summed E-state index contributed by atoms with van der Waals surface area (Å²) >= 11 is 3.41. The minimum absolute atomic E-state index is 0.00632. The number of aromatic nitrogens is 1. The van der Waals surface area contributed by atoms with Gasteiger partial charge in [0.05, 0.1) is 5.52 Å². The Morgan fingerprint density at radius 3 is 2.81 bits per heavy atom. The first-order valence-corrected chi connectivity index (χ1v) is 8.01. The summed E-state index contributed by atoms with van der Waals surface area (Å²) in [6.07, 6.45) is 6.22. The topological polar surface area (TPSA) is 51.1 Å². The minimum Gasteiger partial charge on any atom is -0.352 e. The SMILES string of the molecule is O=C(Cn1ccc(=O)c2ccc(Br)cc21)NC1CCCC1. The van der Waals surface area contributed by atoms with Crippen molar-refractivity contribution in [2.45, 2.75) is 38.3 Å². The van der Waals surface area contributed by atoms with E-state index in [0.717, 1.165) is 22.8 Å². The molecule has 3 rings (SSSR count). The highest BCUT2D eigenvalue weighted by Crippen LogP contribution is 2.19. The number of pyridine rings is 1. The number of nitrogens with one attached hydrogen (secondary N) is 1. The van der Waals surface area contributed by atoms with E-state index in [9.17, 15) is 9.59 Å². The Hall–Kier alpha value is -1.62. The third kappa shape index (κ3) is 3.18. The molecule has 21 heavy (non-hydrogen) atoms. The molecule has 0 bridgehead atoms. The summed E-state index contributed by atoms with van der Waals surface area (Å²) in [5.74, 6) is 0.00632. The van der Waals surface area contributed by atoms with Crippen molar-refractivity contribution in [1.82, 2.24) is 9.88 Å². The molecule has 1 heterocycles. The van der Waals surface area contributed by atoms with Gasteiger partial charge in [0, 0.05) is 28.2 Å². The lowest BCUT2D eigenvalue weighted by atomic mass is 10.2. The van der Waals surface area contributed by atoms with E-state index in [1.165, 1.54) is 18.9 Å². The zero-order valence-electron chi connectivity index (χ0n) is 11.6. The highest BCUT2D eigenvalue weighted by molar-refractivity contribution is 9.10. The van der Waals surface area contributed by atoms with Crippen LogP contribution in [0.1, 0.15) is 25.7 Å². The summed E-state index contributed by atoms with van der Waals surface area (Å²) in [5, 5.41) is 3.71. The largest absolute Gasteiger partial charge is 0.352 e. The molecule has 0 unspecified atom stereocenters. The molecular weight excluding hydrogens is 332 g/mol. The van der Waals surface area contributed by atoms with Gasteiger partial charge < -0.3 is 9.88 Å². The van der Waals surface area contributed by atoms with Gasteiger partial charge in [-0.3, -0.25) is 9.59 Å². The van der Waals surface area contributed by atoms with Crippen LogP contribution in [0, 0.1) is 0 Å². The van der Waals surface area contributed by atoms with Gasteiger partial charge in [0.15, 0.2) is 5.43 Å². The van der Waals surface area contributed by atoms with Crippen molar-refractivity contribution in [3.63, 3.8) is 0 Å². The second-order valence-corrected chi connectivity index (χ2v) is 6.43. The zero-order valence-corrected chi connectivity index (χ0v) is 13.2. The third-order valence-electron chi connectivity index (χ3n) is 3.97. The maximum absolute atomic E-state index is 12.2. The molecule has 4 nitrogen and oxygen atoms in total. The fourth-order valence-electron chi connectivity index (χ4n) is 2.91. The van der Waals surface area contributed by atoms with Crippen molar-refractivity contribution in [1.29, 1.82) is 0 Å². The van der Waals surface area contributed by atoms with Crippen LogP contribution in [0.15, 0.2) is 39.7 Å². The minimum atomic E-state index is -0.0232. The summed E-state index contributed by atoms with van der Waals surface area (Å²) < 4.78 is 2.72. The van der Waals surface area contributed by atoms with Crippen LogP contribution in [0.25, 0.3) is 10.9 Å². The zero-order chi connectivity index (χ0) is 14.8. The molecule has 1 N–H and O–H groups in total. The fourth-order valence-corrected chi connectivity index (χ4v) is 3.26. The summed E-state index contributed by atoms with van der Waals surface area (Å²) in [6, 6.07) is 7.33. The molecular formula is C16H17BrN2O2. The molecule has 1 saturated carbocycles. The molecule has 1 aromatic carbocycles. The first-order chi connectivity index (χ1) is 10.1. The van der Waals surface area contributed by atoms with Crippen LogP contribution in [0.5, 0.6) is 0 Å². The lowest BCUT2D eigenvalue weighted by Gasteiger charge is -2.14. The van der Waals surface area contributed by atoms with Gasteiger partial charge in [0.2, 0.25) is 5.91 Å². The summed E-state index contributed by atoms with van der Waals surface area (Å²) in [6.45, 7) is 0.240. The molecule has 1 aromatic heterocycles. The molecule has 0 radical (unpaired) electrons. The fraction of sp³-hybridized carbons (Fsp3) is 0.375. The van der Waals surface area contributed by atoms with Crippen molar-refractivity contribution in [3.05, 3.63) is 45.2 Å². The van der Waals surface area contributed by atoms with Crippen LogP contribution in [-0.2, 0) is 11.3 Å². The summed E-state index contributed by atoms with van der Waals surface area (Å²) in [5.41, 5.74) is 0.753. The van der Waals surface area contributed by atoms with Gasteiger partial charge >= 0.3 is 0 Å². The monoisotopic (exact) mass is 348 g/mol. The normalized spacial score (nSPS) is 15.5. The Labute approximate surface area is 131 Å². The first-order valence-electron chi connectivity index (χ1n) is 7.21. The molecule has 1 fully saturated rings. The Balaban J connectivity index is 1.86. The Bertz CT molecular complexity index is 733. The second kappa shape index (κ2) is 6.02. The highest BCUT2D eigenvalue weighted by Gasteiger charge is 2.17.